The molecule has 1 aromatic rings. The zero-order valence-corrected chi connectivity index (χ0v) is 8.29. The molecule has 1 atom stereocenters. The highest BCUT2D eigenvalue weighted by molar-refractivity contribution is 5.28. The molecule has 0 saturated carbocycles. The molecule has 1 aliphatic rings. The van der Waals surface area contributed by atoms with Crippen LogP contribution in [0.25, 0.3) is 0 Å². The lowest BCUT2D eigenvalue weighted by atomic mass is 9.93. The second-order valence-corrected chi connectivity index (χ2v) is 4.07. The Balaban J connectivity index is 2.20. The minimum absolute atomic E-state index is 0.412. The predicted molar refractivity (Wildman–Crippen MR) is 53.6 cm³/mol. The second-order valence-electron chi connectivity index (χ2n) is 4.07. The first-order chi connectivity index (χ1) is 6.27. The molecular weight excluding hydrogens is 160 g/mol. The largest absolute Gasteiger partial charge is 0.373 e. The normalized spacial score (nSPS) is 21.6. The van der Waals surface area contributed by atoms with Crippen molar-refractivity contribution in [1.29, 1.82) is 0 Å². The van der Waals surface area contributed by atoms with Gasteiger partial charge in [0.1, 0.15) is 0 Å². The van der Waals surface area contributed by atoms with Crippen LogP contribution in [-0.4, -0.2) is 6.10 Å². The fourth-order valence-electron chi connectivity index (χ4n) is 1.80. The summed E-state index contributed by atoms with van der Waals surface area (Å²) in [5.74, 6) is 0.619. The van der Waals surface area contributed by atoms with Crippen LogP contribution < -0.4 is 0 Å². The van der Waals surface area contributed by atoms with E-state index in [1.807, 2.05) is 0 Å². The van der Waals surface area contributed by atoms with Crippen molar-refractivity contribution in [2.75, 3.05) is 0 Å². The molecule has 1 aliphatic heterocycles. The fraction of sp³-hybridized carbons (Fsp3) is 0.500. The van der Waals surface area contributed by atoms with E-state index in [0.29, 0.717) is 12.0 Å². The lowest BCUT2D eigenvalue weighted by molar-refractivity contribution is -0.000280. The Kier molecular flexibility index (Phi) is 2.36. The lowest BCUT2D eigenvalue weighted by Crippen LogP contribution is -2.27. The number of hydrogen-bond donors (Lipinski definition) is 0. The minimum Gasteiger partial charge on any atom is -0.373 e. The quantitative estimate of drug-likeness (QED) is 0.639. The summed E-state index contributed by atoms with van der Waals surface area (Å²) in [6.45, 7) is 5.23. The van der Waals surface area contributed by atoms with Gasteiger partial charge in [-0.25, -0.2) is 0 Å². The molecule has 0 radical (unpaired) electrons. The maximum atomic E-state index is 5.77. The van der Waals surface area contributed by atoms with Crippen LogP contribution in [0, 0.1) is 5.92 Å². The Hall–Kier alpha value is -0.820. The summed E-state index contributed by atoms with van der Waals surface area (Å²) in [5.41, 5.74) is 2.83. The summed E-state index contributed by atoms with van der Waals surface area (Å²) in [7, 11) is 0. The smallest absolute Gasteiger partial charge is 0.0723 e. The molecule has 0 fully saturated rings. The molecule has 0 saturated heterocycles. The van der Waals surface area contributed by atoms with Gasteiger partial charge in [0.2, 0.25) is 0 Å². The molecule has 13 heavy (non-hydrogen) atoms. The molecule has 2 rings (SSSR count). The fourth-order valence-corrected chi connectivity index (χ4v) is 1.80. The van der Waals surface area contributed by atoms with E-state index in [1.165, 1.54) is 11.1 Å². The van der Waals surface area contributed by atoms with E-state index in [-0.39, 0.29) is 0 Å². The summed E-state index contributed by atoms with van der Waals surface area (Å²) in [6.07, 6.45) is 1.49. The average Bonchev–Trinajstić information content (AvgIpc) is 2.17. The highest BCUT2D eigenvalue weighted by Gasteiger charge is 2.20. The van der Waals surface area contributed by atoms with Crippen molar-refractivity contribution in [2.45, 2.75) is 33.0 Å². The first kappa shape index (κ1) is 8.76. The van der Waals surface area contributed by atoms with E-state index in [9.17, 15) is 0 Å². The first-order valence-electron chi connectivity index (χ1n) is 4.96. The van der Waals surface area contributed by atoms with Gasteiger partial charge in [-0.1, -0.05) is 38.1 Å². The van der Waals surface area contributed by atoms with Crippen molar-refractivity contribution in [2.24, 2.45) is 5.92 Å². The minimum atomic E-state index is 0.412. The zero-order valence-electron chi connectivity index (χ0n) is 8.29. The van der Waals surface area contributed by atoms with Crippen LogP contribution in [0.3, 0.4) is 0 Å². The summed E-state index contributed by atoms with van der Waals surface area (Å²) in [4.78, 5) is 0. The van der Waals surface area contributed by atoms with Gasteiger partial charge in [-0.05, 0) is 23.5 Å². The van der Waals surface area contributed by atoms with Crippen LogP contribution in [0.4, 0.5) is 0 Å². The Bertz CT molecular complexity index is 291. The molecule has 1 unspecified atom stereocenters. The number of rotatable bonds is 1. The monoisotopic (exact) mass is 176 g/mol. The summed E-state index contributed by atoms with van der Waals surface area (Å²) in [5, 5.41) is 0. The van der Waals surface area contributed by atoms with E-state index in [0.717, 1.165) is 13.0 Å². The third kappa shape index (κ3) is 1.75. The second kappa shape index (κ2) is 3.51. The van der Waals surface area contributed by atoms with Gasteiger partial charge in [0, 0.05) is 0 Å². The van der Waals surface area contributed by atoms with Gasteiger partial charge in [-0.15, -0.1) is 0 Å². The summed E-state index contributed by atoms with van der Waals surface area (Å²) < 4.78 is 5.77. The van der Waals surface area contributed by atoms with Gasteiger partial charge in [-0.2, -0.15) is 0 Å². The van der Waals surface area contributed by atoms with Gasteiger partial charge < -0.3 is 4.74 Å². The molecular formula is C12H16O. The Morgan fingerprint density at radius 2 is 1.92 bits per heavy atom. The third-order valence-electron chi connectivity index (χ3n) is 2.74. The third-order valence-corrected chi connectivity index (χ3v) is 2.74. The van der Waals surface area contributed by atoms with E-state index in [2.05, 4.69) is 38.1 Å². The van der Waals surface area contributed by atoms with E-state index >= 15 is 0 Å². The van der Waals surface area contributed by atoms with Crippen molar-refractivity contribution >= 4 is 0 Å². The molecule has 1 heteroatoms. The molecule has 0 amide bonds. The average molecular weight is 176 g/mol. The zero-order chi connectivity index (χ0) is 9.26. The highest BCUT2D eigenvalue weighted by atomic mass is 16.5. The molecule has 70 valence electrons. The predicted octanol–water partition coefficient (Wildman–Crippen LogP) is 2.78. The van der Waals surface area contributed by atoms with Crippen molar-refractivity contribution in [3.63, 3.8) is 0 Å². The van der Waals surface area contributed by atoms with Crippen LogP contribution in [0.1, 0.15) is 25.0 Å². The molecule has 1 aromatic carbocycles. The number of fused-ring (bicyclic) bond motifs is 1. The molecule has 1 nitrogen and oxygen atoms in total. The highest BCUT2D eigenvalue weighted by Crippen LogP contribution is 2.23. The maximum absolute atomic E-state index is 5.77. The Morgan fingerprint density at radius 1 is 1.23 bits per heavy atom. The van der Waals surface area contributed by atoms with E-state index in [1.54, 1.807) is 0 Å². The topological polar surface area (TPSA) is 9.23 Å². The maximum Gasteiger partial charge on any atom is 0.0723 e. The summed E-state index contributed by atoms with van der Waals surface area (Å²) in [6, 6.07) is 8.57. The number of ether oxygens (including phenoxy) is 1. The van der Waals surface area contributed by atoms with Crippen molar-refractivity contribution in [3.05, 3.63) is 35.4 Å². The van der Waals surface area contributed by atoms with Crippen molar-refractivity contribution in [1.82, 2.24) is 0 Å². The number of hydrogen-bond acceptors (Lipinski definition) is 1. The van der Waals surface area contributed by atoms with Gasteiger partial charge >= 0.3 is 0 Å². The molecule has 0 bridgehead atoms. The van der Waals surface area contributed by atoms with E-state index in [4.69, 9.17) is 4.74 Å². The lowest BCUT2D eigenvalue weighted by Gasteiger charge is -2.27. The van der Waals surface area contributed by atoms with E-state index < -0.39 is 0 Å². The SMILES string of the molecule is CC(C)C1Cc2ccccc2CO1. The van der Waals surface area contributed by atoms with Gasteiger partial charge in [0.25, 0.3) is 0 Å². The molecule has 0 N–H and O–H groups in total. The standard InChI is InChI=1S/C12H16O/c1-9(2)12-7-10-5-3-4-6-11(10)8-13-12/h3-6,9,12H,7-8H2,1-2H3. The van der Waals surface area contributed by atoms with Gasteiger partial charge in [-0.3, -0.25) is 0 Å². The summed E-state index contributed by atoms with van der Waals surface area (Å²) >= 11 is 0. The van der Waals surface area contributed by atoms with Crippen LogP contribution in [0.15, 0.2) is 24.3 Å². The van der Waals surface area contributed by atoms with Gasteiger partial charge in [0.15, 0.2) is 0 Å². The van der Waals surface area contributed by atoms with Gasteiger partial charge in [0.05, 0.1) is 12.7 Å². The number of benzene rings is 1. The Morgan fingerprint density at radius 3 is 2.62 bits per heavy atom. The van der Waals surface area contributed by atoms with Crippen molar-refractivity contribution in [3.8, 4) is 0 Å². The molecule has 0 spiro atoms. The molecule has 0 aromatic heterocycles. The van der Waals surface area contributed by atoms with Crippen LogP contribution >= 0.6 is 0 Å². The van der Waals surface area contributed by atoms with Crippen LogP contribution in [0.5, 0.6) is 0 Å². The van der Waals surface area contributed by atoms with Crippen LogP contribution in [-0.2, 0) is 17.8 Å². The van der Waals surface area contributed by atoms with Crippen LogP contribution in [0.2, 0.25) is 0 Å². The van der Waals surface area contributed by atoms with Crippen molar-refractivity contribution < 1.29 is 4.74 Å². The Labute approximate surface area is 79.7 Å². The first-order valence-corrected chi connectivity index (χ1v) is 4.96. The molecule has 1 heterocycles. The molecule has 0 aliphatic carbocycles.